The Labute approximate surface area is 332 Å². The van der Waals surface area contributed by atoms with E-state index >= 15 is 0 Å². The normalized spacial score (nSPS) is 12.7. The van der Waals surface area contributed by atoms with E-state index in [1.807, 2.05) is 0 Å². The maximum absolute atomic E-state index is 6.79. The number of para-hydroxylation sites is 1. The standard InChI is InChI=1S/C55H37NO/c1-5-17-38(18-6-1)40-33-41(39-19-7-2-8-20-39)35-46(34-40)56(44-23-11-4-12-24-44)45-30-32-53-50(37-45)49-31-29-43(36-54(49)57-53)55(42-21-9-3-10-22-42)51-27-15-13-25-47(51)48-26-14-16-28-52(48)55/h1-37H. The van der Waals surface area contributed by atoms with Crippen LogP contribution in [0.4, 0.5) is 17.1 Å². The van der Waals surface area contributed by atoms with Gasteiger partial charge in [0.2, 0.25) is 0 Å². The molecule has 0 amide bonds. The Kier molecular flexibility index (Phi) is 7.75. The van der Waals surface area contributed by atoms with Crippen LogP contribution < -0.4 is 4.90 Å². The predicted octanol–water partition coefficient (Wildman–Crippen LogP) is 14.8. The highest BCUT2D eigenvalue weighted by Crippen LogP contribution is 2.56. The van der Waals surface area contributed by atoms with Crippen molar-refractivity contribution in [1.82, 2.24) is 0 Å². The zero-order chi connectivity index (χ0) is 37.8. The van der Waals surface area contributed by atoms with Gasteiger partial charge in [0.1, 0.15) is 11.2 Å². The van der Waals surface area contributed by atoms with Crippen LogP contribution >= 0.6 is 0 Å². The first kappa shape index (κ1) is 33.0. The van der Waals surface area contributed by atoms with E-state index in [0.717, 1.165) is 50.1 Å². The summed E-state index contributed by atoms with van der Waals surface area (Å²) in [7, 11) is 0. The molecule has 2 heteroatoms. The Morgan fingerprint density at radius 1 is 0.316 bits per heavy atom. The molecule has 0 atom stereocenters. The summed E-state index contributed by atoms with van der Waals surface area (Å²) in [6.07, 6.45) is 0. The van der Waals surface area contributed by atoms with Gasteiger partial charge in [-0.3, -0.25) is 0 Å². The van der Waals surface area contributed by atoms with E-state index in [2.05, 4.69) is 229 Å². The van der Waals surface area contributed by atoms with E-state index in [9.17, 15) is 0 Å². The van der Waals surface area contributed by atoms with Crippen molar-refractivity contribution >= 4 is 39.0 Å². The Bertz CT molecular complexity index is 2950. The number of furan rings is 1. The topological polar surface area (TPSA) is 16.4 Å². The summed E-state index contributed by atoms with van der Waals surface area (Å²) in [6, 6.07) is 81.0. The molecule has 1 heterocycles. The van der Waals surface area contributed by atoms with Crippen molar-refractivity contribution in [2.45, 2.75) is 5.41 Å². The molecule has 2 nitrogen and oxygen atoms in total. The van der Waals surface area contributed by atoms with E-state index in [1.165, 1.54) is 44.5 Å². The van der Waals surface area contributed by atoms with Crippen LogP contribution in [0, 0.1) is 0 Å². The number of fused-ring (bicyclic) bond motifs is 6. The maximum Gasteiger partial charge on any atom is 0.135 e. The predicted molar refractivity (Wildman–Crippen MR) is 237 cm³/mol. The lowest BCUT2D eigenvalue weighted by Gasteiger charge is -2.33. The van der Waals surface area contributed by atoms with Crippen LogP contribution in [0.5, 0.6) is 0 Å². The SMILES string of the molecule is c1ccc(-c2cc(-c3ccccc3)cc(N(c3ccccc3)c3ccc4oc5cc(C6(c7ccccc7)c7ccccc7-c7ccccc76)ccc5c4c3)c2)cc1. The van der Waals surface area contributed by atoms with Gasteiger partial charge in [0, 0.05) is 27.8 Å². The number of anilines is 3. The van der Waals surface area contributed by atoms with Crippen LogP contribution in [-0.4, -0.2) is 0 Å². The fourth-order valence-corrected chi connectivity index (χ4v) is 9.21. The summed E-state index contributed by atoms with van der Waals surface area (Å²) >= 11 is 0. The van der Waals surface area contributed by atoms with Gasteiger partial charge in [0.25, 0.3) is 0 Å². The van der Waals surface area contributed by atoms with Crippen molar-refractivity contribution in [2.24, 2.45) is 0 Å². The molecule has 1 aliphatic carbocycles. The van der Waals surface area contributed by atoms with Gasteiger partial charge >= 0.3 is 0 Å². The molecule has 57 heavy (non-hydrogen) atoms. The van der Waals surface area contributed by atoms with E-state index < -0.39 is 5.41 Å². The summed E-state index contributed by atoms with van der Waals surface area (Å²) in [4.78, 5) is 2.36. The summed E-state index contributed by atoms with van der Waals surface area (Å²) in [5.41, 5.74) is 16.7. The van der Waals surface area contributed by atoms with Gasteiger partial charge in [-0.25, -0.2) is 0 Å². The molecular formula is C55H37NO. The fraction of sp³-hybridized carbons (Fsp3) is 0.0182. The Morgan fingerprint density at radius 2 is 0.860 bits per heavy atom. The number of benzene rings is 9. The maximum atomic E-state index is 6.79. The van der Waals surface area contributed by atoms with Crippen molar-refractivity contribution in [3.8, 4) is 33.4 Å². The molecule has 1 aromatic heterocycles. The van der Waals surface area contributed by atoms with Crippen LogP contribution in [0.1, 0.15) is 22.3 Å². The first-order valence-electron chi connectivity index (χ1n) is 19.6. The van der Waals surface area contributed by atoms with Crippen LogP contribution in [-0.2, 0) is 5.41 Å². The van der Waals surface area contributed by atoms with Gasteiger partial charge in [-0.1, -0.05) is 170 Å². The summed E-state index contributed by atoms with van der Waals surface area (Å²) in [5, 5.41) is 2.17. The molecule has 0 saturated heterocycles. The molecule has 0 aliphatic heterocycles. The lowest BCUT2D eigenvalue weighted by Crippen LogP contribution is -2.28. The minimum absolute atomic E-state index is 0.489. The number of nitrogens with zero attached hydrogens (tertiary/aromatic N) is 1. The Balaban J connectivity index is 1.10. The molecule has 0 bridgehead atoms. The molecule has 9 aromatic carbocycles. The Hall–Kier alpha value is -7.42. The van der Waals surface area contributed by atoms with Crippen LogP contribution in [0.3, 0.4) is 0 Å². The van der Waals surface area contributed by atoms with E-state index in [-0.39, 0.29) is 0 Å². The third-order valence-electron chi connectivity index (χ3n) is 11.7. The second-order valence-corrected chi connectivity index (χ2v) is 14.9. The highest BCUT2D eigenvalue weighted by Gasteiger charge is 2.46. The van der Waals surface area contributed by atoms with Crippen LogP contribution in [0.2, 0.25) is 0 Å². The first-order valence-corrected chi connectivity index (χ1v) is 19.6. The zero-order valence-electron chi connectivity index (χ0n) is 31.2. The van der Waals surface area contributed by atoms with Crippen molar-refractivity contribution in [3.05, 3.63) is 247 Å². The highest BCUT2D eigenvalue weighted by molar-refractivity contribution is 6.07. The third kappa shape index (κ3) is 5.33. The van der Waals surface area contributed by atoms with Crippen LogP contribution in [0.15, 0.2) is 229 Å². The molecule has 0 spiro atoms. The Morgan fingerprint density at radius 3 is 1.47 bits per heavy atom. The minimum atomic E-state index is -0.489. The van der Waals surface area contributed by atoms with Crippen LogP contribution in [0.25, 0.3) is 55.3 Å². The van der Waals surface area contributed by atoms with Gasteiger partial charge < -0.3 is 9.32 Å². The minimum Gasteiger partial charge on any atom is -0.456 e. The molecule has 11 rings (SSSR count). The van der Waals surface area contributed by atoms with Gasteiger partial charge in [-0.15, -0.1) is 0 Å². The lowest BCUT2D eigenvalue weighted by molar-refractivity contribution is 0.665. The molecule has 10 aromatic rings. The highest BCUT2D eigenvalue weighted by atomic mass is 16.3. The average Bonchev–Trinajstić information content (AvgIpc) is 3.81. The smallest absolute Gasteiger partial charge is 0.135 e. The summed E-state index contributed by atoms with van der Waals surface area (Å²) in [6.45, 7) is 0. The monoisotopic (exact) mass is 727 g/mol. The number of hydrogen-bond donors (Lipinski definition) is 0. The summed E-state index contributed by atoms with van der Waals surface area (Å²) < 4.78 is 6.79. The van der Waals surface area contributed by atoms with E-state index in [1.54, 1.807) is 0 Å². The van der Waals surface area contributed by atoms with Crippen molar-refractivity contribution < 1.29 is 4.42 Å². The van der Waals surface area contributed by atoms with E-state index in [4.69, 9.17) is 4.42 Å². The molecule has 1 aliphatic rings. The zero-order valence-corrected chi connectivity index (χ0v) is 31.2. The first-order chi connectivity index (χ1) is 28.3. The quantitative estimate of drug-likeness (QED) is 0.163. The largest absolute Gasteiger partial charge is 0.456 e. The second-order valence-electron chi connectivity index (χ2n) is 14.9. The van der Waals surface area contributed by atoms with Gasteiger partial charge in [0.15, 0.2) is 0 Å². The molecule has 0 radical (unpaired) electrons. The van der Waals surface area contributed by atoms with Gasteiger partial charge in [0.05, 0.1) is 5.41 Å². The number of hydrogen-bond acceptors (Lipinski definition) is 2. The van der Waals surface area contributed by atoms with E-state index in [0.29, 0.717) is 0 Å². The van der Waals surface area contributed by atoms with Crippen molar-refractivity contribution in [1.29, 1.82) is 0 Å². The lowest BCUT2D eigenvalue weighted by atomic mass is 9.67. The average molecular weight is 728 g/mol. The third-order valence-corrected chi connectivity index (χ3v) is 11.7. The number of rotatable bonds is 7. The molecule has 268 valence electrons. The fourth-order valence-electron chi connectivity index (χ4n) is 9.21. The van der Waals surface area contributed by atoms with Gasteiger partial charge in [-0.2, -0.15) is 0 Å². The summed E-state index contributed by atoms with van der Waals surface area (Å²) in [5.74, 6) is 0. The van der Waals surface area contributed by atoms with Gasteiger partial charge in [-0.05, 0) is 110 Å². The molecule has 0 fully saturated rings. The van der Waals surface area contributed by atoms with Crippen molar-refractivity contribution in [3.63, 3.8) is 0 Å². The van der Waals surface area contributed by atoms with Crippen molar-refractivity contribution in [2.75, 3.05) is 4.90 Å². The molecular weight excluding hydrogens is 691 g/mol. The molecule has 0 unspecified atom stereocenters. The second kappa shape index (κ2) is 13.4. The molecule has 0 N–H and O–H groups in total. The molecule has 0 saturated carbocycles.